The van der Waals surface area contributed by atoms with Gasteiger partial charge >= 0.3 is 0 Å². The van der Waals surface area contributed by atoms with Crippen LogP contribution in [0.1, 0.15) is 17.2 Å². The summed E-state index contributed by atoms with van der Waals surface area (Å²) in [5, 5.41) is 7.70. The molecular weight excluding hydrogens is 362 g/mol. The van der Waals surface area contributed by atoms with Crippen molar-refractivity contribution in [3.05, 3.63) is 55.1 Å². The summed E-state index contributed by atoms with van der Waals surface area (Å²) in [7, 11) is 2.01. The van der Waals surface area contributed by atoms with Gasteiger partial charge in [-0.15, -0.1) is 0 Å². The topological polar surface area (TPSA) is 12.0 Å². The number of nitrogens with one attached hydrogen (secondary N) is 1. The van der Waals surface area contributed by atoms with E-state index in [-0.39, 0.29) is 0 Å². The Morgan fingerprint density at radius 1 is 1.18 bits per heavy atom. The molecule has 0 aliphatic rings. The van der Waals surface area contributed by atoms with Gasteiger partial charge in [-0.3, -0.25) is 0 Å². The quantitative estimate of drug-likeness (QED) is 0.812. The summed E-state index contributed by atoms with van der Waals surface area (Å²) < 4.78 is 2.36. The van der Waals surface area contributed by atoms with Gasteiger partial charge in [0.1, 0.15) is 0 Å². The Labute approximate surface area is 123 Å². The van der Waals surface area contributed by atoms with E-state index < -0.39 is 0 Å². The minimum Gasteiger partial charge on any atom is -0.313 e. The molecule has 90 valence electrons. The Hall–Kier alpha value is -0.160. The summed E-state index contributed by atoms with van der Waals surface area (Å²) in [5.74, 6) is 0. The van der Waals surface area contributed by atoms with Crippen LogP contribution in [0.5, 0.6) is 0 Å². The third-order valence-electron chi connectivity index (χ3n) is 2.75. The Balaban J connectivity index is 2.22. The van der Waals surface area contributed by atoms with Gasteiger partial charge in [-0.2, -0.15) is 11.3 Å². The third kappa shape index (κ3) is 3.19. The van der Waals surface area contributed by atoms with E-state index in [9.17, 15) is 0 Å². The van der Waals surface area contributed by atoms with E-state index >= 15 is 0 Å². The number of benzene rings is 1. The average molecular weight is 375 g/mol. The number of halogens is 2. The second-order valence-electron chi connectivity index (χ2n) is 3.81. The molecule has 0 radical (unpaired) electrons. The van der Waals surface area contributed by atoms with E-state index in [0.29, 0.717) is 6.04 Å². The number of rotatable bonds is 4. The van der Waals surface area contributed by atoms with Crippen LogP contribution in [0.4, 0.5) is 0 Å². The van der Waals surface area contributed by atoms with Crippen LogP contribution in [0.25, 0.3) is 0 Å². The van der Waals surface area contributed by atoms with Crippen molar-refractivity contribution in [2.24, 2.45) is 0 Å². The van der Waals surface area contributed by atoms with E-state index in [2.05, 4.69) is 66.1 Å². The molecule has 1 nitrogen and oxygen atoms in total. The predicted octanol–water partition coefficient (Wildman–Crippen LogP) is 4.78. The summed E-state index contributed by atoms with van der Waals surface area (Å²) in [5.41, 5.74) is 2.65. The summed E-state index contributed by atoms with van der Waals surface area (Å²) in [6.45, 7) is 0. The van der Waals surface area contributed by atoms with Crippen LogP contribution >= 0.6 is 43.2 Å². The van der Waals surface area contributed by atoms with E-state index in [1.54, 1.807) is 11.3 Å². The molecule has 1 N–H and O–H groups in total. The van der Waals surface area contributed by atoms with Crippen molar-refractivity contribution in [3.63, 3.8) is 0 Å². The molecule has 2 rings (SSSR count). The monoisotopic (exact) mass is 373 g/mol. The molecule has 0 saturated heterocycles. The molecule has 0 aliphatic heterocycles. The van der Waals surface area contributed by atoms with Gasteiger partial charge in [0, 0.05) is 20.4 Å². The molecule has 0 amide bonds. The first-order chi connectivity index (χ1) is 8.22. The first kappa shape index (κ1) is 13.3. The van der Waals surface area contributed by atoms with Crippen LogP contribution in [0.15, 0.2) is 44.0 Å². The van der Waals surface area contributed by atoms with Crippen LogP contribution in [-0.4, -0.2) is 7.05 Å². The smallest absolute Gasteiger partial charge is 0.0378 e. The lowest BCUT2D eigenvalue weighted by molar-refractivity contribution is 0.591. The first-order valence-corrected chi connectivity index (χ1v) is 7.87. The van der Waals surface area contributed by atoms with Crippen LogP contribution in [-0.2, 0) is 6.42 Å². The predicted molar refractivity (Wildman–Crippen MR) is 81.7 cm³/mol. The van der Waals surface area contributed by atoms with Gasteiger partial charge in [0.2, 0.25) is 0 Å². The normalized spacial score (nSPS) is 12.6. The van der Waals surface area contributed by atoms with Gasteiger partial charge < -0.3 is 5.32 Å². The van der Waals surface area contributed by atoms with Gasteiger partial charge in [-0.25, -0.2) is 0 Å². The second kappa shape index (κ2) is 6.14. The molecule has 0 fully saturated rings. The Bertz CT molecular complexity index is 496. The van der Waals surface area contributed by atoms with E-state index in [1.165, 1.54) is 20.1 Å². The fourth-order valence-corrected chi connectivity index (χ4v) is 3.87. The fraction of sp³-hybridized carbons (Fsp3) is 0.231. The average Bonchev–Trinajstić information content (AvgIpc) is 2.75. The Morgan fingerprint density at radius 3 is 2.53 bits per heavy atom. The minimum absolute atomic E-state index is 0.342. The highest BCUT2D eigenvalue weighted by atomic mass is 79.9. The molecule has 17 heavy (non-hydrogen) atoms. The van der Waals surface area contributed by atoms with E-state index in [4.69, 9.17) is 0 Å². The lowest BCUT2D eigenvalue weighted by Crippen LogP contribution is -2.18. The van der Waals surface area contributed by atoms with Crippen molar-refractivity contribution >= 4 is 43.2 Å². The molecule has 0 spiro atoms. The molecule has 1 atom stereocenters. The molecular formula is C13H13Br2NS. The second-order valence-corrected chi connectivity index (χ2v) is 6.26. The zero-order chi connectivity index (χ0) is 12.3. The highest BCUT2D eigenvalue weighted by molar-refractivity contribution is 9.10. The lowest BCUT2D eigenvalue weighted by atomic mass is 10.0. The molecule has 1 heterocycles. The summed E-state index contributed by atoms with van der Waals surface area (Å²) >= 11 is 8.92. The Morgan fingerprint density at radius 2 is 1.94 bits per heavy atom. The molecule has 0 aliphatic carbocycles. The van der Waals surface area contributed by atoms with Crippen LogP contribution in [0, 0.1) is 0 Å². The van der Waals surface area contributed by atoms with Gasteiger partial charge in [0.25, 0.3) is 0 Å². The summed E-state index contributed by atoms with van der Waals surface area (Å²) in [6.07, 6.45) is 0.979. The summed E-state index contributed by atoms with van der Waals surface area (Å²) in [6, 6.07) is 8.71. The highest BCUT2D eigenvalue weighted by Gasteiger charge is 2.15. The largest absolute Gasteiger partial charge is 0.313 e. The van der Waals surface area contributed by atoms with Gasteiger partial charge in [-0.1, -0.05) is 34.1 Å². The first-order valence-electron chi connectivity index (χ1n) is 5.34. The van der Waals surface area contributed by atoms with Crippen molar-refractivity contribution in [2.75, 3.05) is 7.05 Å². The number of thiophene rings is 1. The Kier molecular flexibility index (Phi) is 4.79. The van der Waals surface area contributed by atoms with Crippen molar-refractivity contribution in [3.8, 4) is 0 Å². The van der Waals surface area contributed by atoms with Crippen LogP contribution in [0.3, 0.4) is 0 Å². The molecule has 1 unspecified atom stereocenters. The van der Waals surface area contributed by atoms with Crippen molar-refractivity contribution < 1.29 is 0 Å². The maximum absolute atomic E-state index is 3.60. The fourth-order valence-electron chi connectivity index (χ4n) is 1.79. The van der Waals surface area contributed by atoms with Gasteiger partial charge in [0.05, 0.1) is 0 Å². The minimum atomic E-state index is 0.342. The standard InChI is InChI=1S/C13H13Br2NS/c1-16-13(10-7-17-8-12(10)15)6-9-4-2-3-5-11(9)14/h2-5,7-8,13,16H,6H2,1H3. The van der Waals surface area contributed by atoms with Crippen molar-refractivity contribution in [2.45, 2.75) is 12.5 Å². The molecule has 0 bridgehead atoms. The molecule has 4 heteroatoms. The highest BCUT2D eigenvalue weighted by Crippen LogP contribution is 2.30. The number of likely N-dealkylation sites (N-methyl/N-ethyl adjacent to an activating group) is 1. The number of hydrogen-bond acceptors (Lipinski definition) is 2. The summed E-state index contributed by atoms with van der Waals surface area (Å²) in [4.78, 5) is 0. The lowest BCUT2D eigenvalue weighted by Gasteiger charge is -2.16. The van der Waals surface area contributed by atoms with Gasteiger partial charge in [-0.05, 0) is 52.0 Å². The zero-order valence-electron chi connectivity index (χ0n) is 9.41. The van der Waals surface area contributed by atoms with Crippen molar-refractivity contribution in [1.29, 1.82) is 0 Å². The van der Waals surface area contributed by atoms with Crippen LogP contribution in [0.2, 0.25) is 0 Å². The SMILES string of the molecule is CNC(Cc1ccccc1Br)c1cscc1Br. The number of hydrogen-bond donors (Lipinski definition) is 1. The molecule has 0 saturated carbocycles. The van der Waals surface area contributed by atoms with Crippen molar-refractivity contribution in [1.82, 2.24) is 5.32 Å². The third-order valence-corrected chi connectivity index (χ3v) is 5.27. The maximum atomic E-state index is 3.60. The zero-order valence-corrected chi connectivity index (χ0v) is 13.4. The maximum Gasteiger partial charge on any atom is 0.0378 e. The molecule has 1 aromatic heterocycles. The van der Waals surface area contributed by atoms with Gasteiger partial charge in [0.15, 0.2) is 0 Å². The molecule has 1 aromatic carbocycles. The van der Waals surface area contributed by atoms with Crippen LogP contribution < -0.4 is 5.32 Å². The molecule has 2 aromatic rings. The van der Waals surface area contributed by atoms with E-state index in [1.807, 2.05) is 13.1 Å². The van der Waals surface area contributed by atoms with E-state index in [0.717, 1.165) is 6.42 Å².